The summed E-state index contributed by atoms with van der Waals surface area (Å²) in [6, 6.07) is 11.8. The van der Waals surface area contributed by atoms with Crippen molar-refractivity contribution >= 4 is 5.91 Å². The average Bonchev–Trinajstić information content (AvgIpc) is 2.52. The Bertz CT molecular complexity index is 584. The quantitative estimate of drug-likeness (QED) is 0.883. The van der Waals surface area contributed by atoms with Gasteiger partial charge in [-0.15, -0.1) is 0 Å². The van der Waals surface area contributed by atoms with E-state index in [-0.39, 0.29) is 12.5 Å². The van der Waals surface area contributed by atoms with Crippen molar-refractivity contribution in [2.45, 2.75) is 13.3 Å². The predicted octanol–water partition coefficient (Wildman–Crippen LogP) is 2.07. The minimum absolute atomic E-state index is 0.0419. The molecule has 4 heteroatoms. The molecular formula is C17H20N2O2. The molecule has 21 heavy (non-hydrogen) atoms. The van der Waals surface area contributed by atoms with Crippen molar-refractivity contribution in [1.29, 1.82) is 0 Å². The molecule has 0 aliphatic carbocycles. The van der Waals surface area contributed by atoms with Gasteiger partial charge in [0.1, 0.15) is 0 Å². The first-order chi connectivity index (χ1) is 10.2. The van der Waals surface area contributed by atoms with Crippen LogP contribution in [0.3, 0.4) is 0 Å². The van der Waals surface area contributed by atoms with Gasteiger partial charge in [-0.05, 0) is 30.5 Å². The molecule has 0 saturated heterocycles. The van der Waals surface area contributed by atoms with Crippen molar-refractivity contribution in [3.05, 3.63) is 65.5 Å². The Morgan fingerprint density at radius 2 is 1.95 bits per heavy atom. The molecular weight excluding hydrogens is 264 g/mol. The number of nitrogens with zero attached hydrogens (tertiary/aromatic N) is 2. The van der Waals surface area contributed by atoms with Crippen LogP contribution in [-0.2, 0) is 6.42 Å². The van der Waals surface area contributed by atoms with E-state index in [0.29, 0.717) is 18.7 Å². The van der Waals surface area contributed by atoms with E-state index in [9.17, 15) is 9.90 Å². The molecule has 0 saturated carbocycles. The summed E-state index contributed by atoms with van der Waals surface area (Å²) in [7, 11) is 0. The minimum Gasteiger partial charge on any atom is -0.395 e. The Balaban J connectivity index is 2.06. The van der Waals surface area contributed by atoms with Gasteiger partial charge < -0.3 is 10.0 Å². The number of rotatable bonds is 6. The van der Waals surface area contributed by atoms with Crippen LogP contribution in [0.25, 0.3) is 0 Å². The molecule has 0 radical (unpaired) electrons. The summed E-state index contributed by atoms with van der Waals surface area (Å²) < 4.78 is 0. The Hall–Kier alpha value is -2.20. The van der Waals surface area contributed by atoms with Gasteiger partial charge in [-0.25, -0.2) is 0 Å². The van der Waals surface area contributed by atoms with Crippen molar-refractivity contribution in [2.24, 2.45) is 0 Å². The van der Waals surface area contributed by atoms with Gasteiger partial charge in [0.2, 0.25) is 0 Å². The zero-order chi connectivity index (χ0) is 15.1. The summed E-state index contributed by atoms with van der Waals surface area (Å²) in [5.74, 6) is -0.0869. The molecule has 0 bridgehead atoms. The van der Waals surface area contributed by atoms with Crippen LogP contribution in [-0.4, -0.2) is 40.6 Å². The molecule has 1 aromatic heterocycles. The number of aryl methyl sites for hydroxylation is 1. The van der Waals surface area contributed by atoms with E-state index in [0.717, 1.165) is 12.0 Å². The fourth-order valence-corrected chi connectivity index (χ4v) is 2.20. The number of carbonyl (C=O) groups excluding carboxylic acids is 1. The number of hydrogen-bond donors (Lipinski definition) is 1. The maximum atomic E-state index is 12.5. The lowest BCUT2D eigenvalue weighted by atomic mass is 10.1. The topological polar surface area (TPSA) is 53.4 Å². The Kier molecular flexibility index (Phi) is 5.46. The number of amides is 1. The Morgan fingerprint density at radius 3 is 2.62 bits per heavy atom. The van der Waals surface area contributed by atoms with Crippen molar-refractivity contribution < 1.29 is 9.90 Å². The van der Waals surface area contributed by atoms with Gasteiger partial charge in [0, 0.05) is 25.5 Å². The fourth-order valence-electron chi connectivity index (χ4n) is 2.20. The summed E-state index contributed by atoms with van der Waals surface area (Å²) >= 11 is 0. The summed E-state index contributed by atoms with van der Waals surface area (Å²) in [6.45, 7) is 2.78. The second-order valence-corrected chi connectivity index (χ2v) is 5.00. The number of carbonyl (C=O) groups is 1. The summed E-state index contributed by atoms with van der Waals surface area (Å²) in [4.78, 5) is 18.2. The van der Waals surface area contributed by atoms with E-state index < -0.39 is 0 Å². The van der Waals surface area contributed by atoms with E-state index in [1.165, 1.54) is 5.56 Å². The molecule has 0 atom stereocenters. The number of aliphatic hydroxyl groups excluding tert-OH is 1. The first-order valence-electron chi connectivity index (χ1n) is 7.06. The first kappa shape index (κ1) is 15.2. The van der Waals surface area contributed by atoms with Gasteiger partial charge in [0.25, 0.3) is 5.91 Å². The second-order valence-electron chi connectivity index (χ2n) is 5.00. The van der Waals surface area contributed by atoms with Gasteiger partial charge in [0.05, 0.1) is 12.2 Å². The third kappa shape index (κ3) is 4.39. The third-order valence-corrected chi connectivity index (χ3v) is 3.29. The van der Waals surface area contributed by atoms with E-state index >= 15 is 0 Å². The summed E-state index contributed by atoms with van der Waals surface area (Å²) in [5.41, 5.74) is 2.69. The lowest BCUT2D eigenvalue weighted by Gasteiger charge is -2.22. The van der Waals surface area contributed by atoms with Crippen LogP contribution >= 0.6 is 0 Å². The van der Waals surface area contributed by atoms with Crippen LogP contribution in [0, 0.1) is 6.92 Å². The second kappa shape index (κ2) is 7.55. The van der Waals surface area contributed by atoms with Gasteiger partial charge in [0.15, 0.2) is 0 Å². The molecule has 1 heterocycles. The number of aliphatic hydroxyl groups is 1. The van der Waals surface area contributed by atoms with E-state index in [1.54, 1.807) is 17.3 Å². The maximum absolute atomic E-state index is 12.5. The normalized spacial score (nSPS) is 10.4. The molecule has 1 N–H and O–H groups in total. The molecule has 0 spiro atoms. The van der Waals surface area contributed by atoms with Crippen LogP contribution in [0.2, 0.25) is 0 Å². The maximum Gasteiger partial charge on any atom is 0.255 e. The molecule has 4 nitrogen and oxygen atoms in total. The van der Waals surface area contributed by atoms with Gasteiger partial charge >= 0.3 is 0 Å². The number of benzene rings is 1. The Labute approximate surface area is 125 Å². The Morgan fingerprint density at radius 1 is 1.19 bits per heavy atom. The summed E-state index contributed by atoms with van der Waals surface area (Å²) in [5, 5.41) is 9.17. The smallest absolute Gasteiger partial charge is 0.255 e. The van der Waals surface area contributed by atoms with E-state index in [2.05, 4.69) is 4.98 Å². The molecule has 0 aliphatic heterocycles. The van der Waals surface area contributed by atoms with Gasteiger partial charge in [-0.1, -0.05) is 30.3 Å². The number of hydrogen-bond acceptors (Lipinski definition) is 3. The van der Waals surface area contributed by atoms with Crippen LogP contribution in [0.1, 0.15) is 21.5 Å². The highest BCUT2D eigenvalue weighted by Crippen LogP contribution is 2.08. The molecule has 1 amide bonds. The predicted molar refractivity (Wildman–Crippen MR) is 82.1 cm³/mol. The fraction of sp³-hybridized carbons (Fsp3) is 0.294. The highest BCUT2D eigenvalue weighted by Gasteiger charge is 2.15. The van der Waals surface area contributed by atoms with Crippen molar-refractivity contribution in [1.82, 2.24) is 9.88 Å². The zero-order valence-electron chi connectivity index (χ0n) is 12.2. The van der Waals surface area contributed by atoms with Gasteiger partial charge in [-0.3, -0.25) is 9.78 Å². The summed E-state index contributed by atoms with van der Waals surface area (Å²) in [6.07, 6.45) is 4.06. The third-order valence-electron chi connectivity index (χ3n) is 3.29. The molecule has 0 unspecified atom stereocenters. The minimum atomic E-state index is -0.0869. The van der Waals surface area contributed by atoms with Crippen molar-refractivity contribution in [3.8, 4) is 0 Å². The highest BCUT2D eigenvalue weighted by molar-refractivity contribution is 5.94. The highest BCUT2D eigenvalue weighted by atomic mass is 16.3. The molecule has 0 aliphatic rings. The molecule has 1 aromatic carbocycles. The van der Waals surface area contributed by atoms with Crippen LogP contribution in [0.4, 0.5) is 0 Å². The average molecular weight is 284 g/mol. The molecule has 2 aromatic rings. The largest absolute Gasteiger partial charge is 0.395 e. The lowest BCUT2D eigenvalue weighted by Crippen LogP contribution is -2.35. The molecule has 2 rings (SSSR count). The first-order valence-corrected chi connectivity index (χ1v) is 7.06. The standard InChI is InChI=1S/C17H20N2O2/c1-14-11-16(13-18-12-14)17(21)19(9-10-20)8-7-15-5-3-2-4-6-15/h2-6,11-13,20H,7-10H2,1H3. The van der Waals surface area contributed by atoms with E-state index in [1.807, 2.05) is 43.3 Å². The van der Waals surface area contributed by atoms with Crippen LogP contribution in [0.5, 0.6) is 0 Å². The zero-order valence-corrected chi connectivity index (χ0v) is 12.2. The van der Waals surface area contributed by atoms with Crippen LogP contribution < -0.4 is 0 Å². The van der Waals surface area contributed by atoms with Gasteiger partial charge in [-0.2, -0.15) is 0 Å². The van der Waals surface area contributed by atoms with Crippen molar-refractivity contribution in [3.63, 3.8) is 0 Å². The monoisotopic (exact) mass is 284 g/mol. The number of aromatic nitrogens is 1. The van der Waals surface area contributed by atoms with Crippen LogP contribution in [0.15, 0.2) is 48.8 Å². The molecule has 110 valence electrons. The number of pyridine rings is 1. The van der Waals surface area contributed by atoms with Crippen molar-refractivity contribution in [2.75, 3.05) is 19.7 Å². The molecule has 0 fully saturated rings. The van der Waals surface area contributed by atoms with E-state index in [4.69, 9.17) is 0 Å². The SMILES string of the molecule is Cc1cncc(C(=O)N(CCO)CCc2ccccc2)c1. The lowest BCUT2D eigenvalue weighted by molar-refractivity contribution is 0.0723.